The van der Waals surface area contributed by atoms with Gasteiger partial charge in [-0.1, -0.05) is 109 Å². The summed E-state index contributed by atoms with van der Waals surface area (Å²) in [5.41, 5.74) is 6.48. The first-order valence-corrected chi connectivity index (χ1v) is 15.7. The van der Waals surface area contributed by atoms with Gasteiger partial charge in [-0.05, 0) is 83.6 Å². The second kappa shape index (κ2) is 10.8. The summed E-state index contributed by atoms with van der Waals surface area (Å²) in [7, 11) is -1.57. The molecular formula is C38H34NO2P. The van der Waals surface area contributed by atoms with Crippen LogP contribution < -0.4 is 4.67 Å². The van der Waals surface area contributed by atoms with E-state index in [0.717, 1.165) is 33.1 Å². The van der Waals surface area contributed by atoms with Crippen molar-refractivity contribution >= 4 is 51.6 Å². The molecule has 0 aliphatic heterocycles. The zero-order valence-corrected chi connectivity index (χ0v) is 25.3. The highest BCUT2D eigenvalue weighted by Crippen LogP contribution is 2.49. The molecule has 7 rings (SSSR count). The average Bonchev–Trinajstić information content (AvgIpc) is 3.21. The molecule has 0 unspecified atom stereocenters. The zero-order chi connectivity index (χ0) is 28.8. The van der Waals surface area contributed by atoms with Crippen LogP contribution in [0.25, 0.3) is 43.5 Å². The van der Waals surface area contributed by atoms with Crippen molar-refractivity contribution in [2.75, 3.05) is 4.67 Å². The van der Waals surface area contributed by atoms with E-state index >= 15 is 0 Å². The Balaban J connectivity index is 1.65. The van der Waals surface area contributed by atoms with Gasteiger partial charge in [0, 0.05) is 22.9 Å². The number of nitrogens with zero attached hydrogens (tertiary/aromatic N) is 1. The Hall–Kier alpha value is -4.30. The molecule has 208 valence electrons. The summed E-state index contributed by atoms with van der Waals surface area (Å²) in [6.45, 7) is 8.84. The fourth-order valence-electron chi connectivity index (χ4n) is 6.33. The van der Waals surface area contributed by atoms with Crippen LogP contribution in [0.3, 0.4) is 0 Å². The number of hydrogen-bond donors (Lipinski definition) is 0. The quantitative estimate of drug-likeness (QED) is 0.207. The summed E-state index contributed by atoms with van der Waals surface area (Å²) in [5.74, 6) is 0. The Labute approximate surface area is 247 Å². The summed E-state index contributed by atoms with van der Waals surface area (Å²) in [6.07, 6.45) is 0. The third-order valence-electron chi connectivity index (χ3n) is 8.51. The van der Waals surface area contributed by atoms with Crippen LogP contribution in [0.4, 0.5) is 0 Å². The molecule has 42 heavy (non-hydrogen) atoms. The third kappa shape index (κ3) is 4.50. The molecule has 3 nitrogen and oxygen atoms in total. The van der Waals surface area contributed by atoms with Crippen molar-refractivity contribution in [2.24, 2.45) is 0 Å². The van der Waals surface area contributed by atoms with E-state index in [2.05, 4.69) is 154 Å². The summed E-state index contributed by atoms with van der Waals surface area (Å²) in [4.78, 5) is 0. The molecule has 7 aromatic rings. The number of aryl methyl sites for hydroxylation is 2. The number of hydrogen-bond acceptors (Lipinski definition) is 3. The summed E-state index contributed by atoms with van der Waals surface area (Å²) >= 11 is 0. The maximum Gasteiger partial charge on any atom is 0.310 e. The van der Waals surface area contributed by atoms with E-state index < -0.39 is 8.16 Å². The van der Waals surface area contributed by atoms with Gasteiger partial charge in [-0.15, -0.1) is 0 Å². The van der Waals surface area contributed by atoms with Crippen LogP contribution in [0.15, 0.2) is 130 Å². The topological polar surface area (TPSA) is 29.5 Å². The van der Waals surface area contributed by atoms with E-state index in [1.807, 2.05) is 0 Å². The van der Waals surface area contributed by atoms with Gasteiger partial charge in [-0.25, -0.2) is 0 Å². The lowest BCUT2D eigenvalue weighted by Gasteiger charge is -2.31. The molecule has 0 amide bonds. The van der Waals surface area contributed by atoms with Crippen LogP contribution >= 0.6 is 8.16 Å². The second-order valence-electron chi connectivity index (χ2n) is 11.2. The minimum atomic E-state index is -1.57. The molecule has 0 saturated heterocycles. The Morgan fingerprint density at radius 2 is 0.905 bits per heavy atom. The van der Waals surface area contributed by atoms with Crippen molar-refractivity contribution in [3.8, 4) is 0 Å². The molecule has 0 saturated carbocycles. The van der Waals surface area contributed by atoms with E-state index in [1.54, 1.807) is 0 Å². The SMILES string of the molecule is Cc1cc2ccccc2c2c1op(N([C@H](C)c1ccccc1)[C@@H](C)c1ccccc1)oc1c(C)cc3ccccc3c12. The average molecular weight is 568 g/mol. The molecule has 0 aliphatic carbocycles. The van der Waals surface area contributed by atoms with Gasteiger partial charge in [-0.3, -0.25) is 0 Å². The molecule has 6 aromatic carbocycles. The fraction of sp³-hybridized carbons (Fsp3) is 0.158. The van der Waals surface area contributed by atoms with Gasteiger partial charge in [-0.2, -0.15) is 4.67 Å². The molecule has 0 aliphatic rings. The normalized spacial score (nSPS) is 13.3. The van der Waals surface area contributed by atoms with Gasteiger partial charge in [0.05, 0.1) is 0 Å². The summed E-state index contributed by atoms with van der Waals surface area (Å²) in [5, 5.41) is 6.98. The van der Waals surface area contributed by atoms with E-state index in [9.17, 15) is 0 Å². The minimum Gasteiger partial charge on any atom is -0.407 e. The first-order valence-electron chi connectivity index (χ1n) is 14.6. The van der Waals surface area contributed by atoms with Crippen LogP contribution in [0, 0.1) is 13.8 Å². The Morgan fingerprint density at radius 3 is 1.33 bits per heavy atom. The predicted octanol–water partition coefficient (Wildman–Crippen LogP) is 11.7. The lowest BCUT2D eigenvalue weighted by molar-refractivity contribution is 0.557. The third-order valence-corrected chi connectivity index (χ3v) is 10.3. The second-order valence-corrected chi connectivity index (χ2v) is 12.5. The van der Waals surface area contributed by atoms with Gasteiger partial charge in [0.25, 0.3) is 0 Å². The first-order chi connectivity index (χ1) is 20.5. The van der Waals surface area contributed by atoms with E-state index in [-0.39, 0.29) is 12.1 Å². The maximum atomic E-state index is 7.20. The van der Waals surface area contributed by atoms with Crippen molar-refractivity contribution in [2.45, 2.75) is 39.8 Å². The molecule has 0 fully saturated rings. The zero-order valence-electron chi connectivity index (χ0n) is 24.4. The van der Waals surface area contributed by atoms with Crippen molar-refractivity contribution in [3.05, 3.63) is 144 Å². The highest BCUT2D eigenvalue weighted by atomic mass is 31.1. The molecular weight excluding hydrogens is 533 g/mol. The smallest absolute Gasteiger partial charge is 0.310 e. The molecule has 0 N–H and O–H groups in total. The van der Waals surface area contributed by atoms with Crippen molar-refractivity contribution < 1.29 is 8.39 Å². The number of rotatable bonds is 5. The summed E-state index contributed by atoms with van der Waals surface area (Å²) in [6, 6.07) is 43.2. The van der Waals surface area contributed by atoms with Crippen molar-refractivity contribution in [1.29, 1.82) is 0 Å². The molecule has 0 spiro atoms. The van der Waals surface area contributed by atoms with Crippen molar-refractivity contribution in [3.63, 3.8) is 0 Å². The van der Waals surface area contributed by atoms with E-state index in [4.69, 9.17) is 8.39 Å². The lowest BCUT2D eigenvalue weighted by Crippen LogP contribution is -2.27. The predicted molar refractivity (Wildman–Crippen MR) is 179 cm³/mol. The minimum absolute atomic E-state index is 0.0408. The van der Waals surface area contributed by atoms with E-state index in [0.29, 0.717) is 0 Å². The fourth-order valence-corrected chi connectivity index (χ4v) is 8.17. The van der Waals surface area contributed by atoms with Gasteiger partial charge in [0.1, 0.15) is 11.2 Å². The van der Waals surface area contributed by atoms with Crippen molar-refractivity contribution in [1.82, 2.24) is 0 Å². The summed E-state index contributed by atoms with van der Waals surface area (Å²) < 4.78 is 16.8. The molecule has 0 bridgehead atoms. The number of fused-ring (bicyclic) bond motifs is 7. The van der Waals surface area contributed by atoms with Crippen LogP contribution in [-0.2, 0) is 0 Å². The molecule has 1 heterocycles. The largest absolute Gasteiger partial charge is 0.407 e. The monoisotopic (exact) mass is 567 g/mol. The van der Waals surface area contributed by atoms with Gasteiger partial charge >= 0.3 is 8.16 Å². The Bertz CT molecular complexity index is 1950. The van der Waals surface area contributed by atoms with Gasteiger partial charge in [0.15, 0.2) is 0 Å². The highest BCUT2D eigenvalue weighted by Gasteiger charge is 2.29. The Kier molecular flexibility index (Phi) is 6.86. The molecule has 4 heteroatoms. The lowest BCUT2D eigenvalue weighted by atomic mass is 9.95. The van der Waals surface area contributed by atoms with Crippen LogP contribution in [-0.4, -0.2) is 0 Å². The first kappa shape index (κ1) is 26.6. The van der Waals surface area contributed by atoms with Crippen LogP contribution in [0.2, 0.25) is 0 Å². The highest BCUT2D eigenvalue weighted by molar-refractivity contribution is 7.39. The maximum absolute atomic E-state index is 7.20. The van der Waals surface area contributed by atoms with Gasteiger partial charge in [0.2, 0.25) is 0 Å². The van der Waals surface area contributed by atoms with E-state index in [1.165, 1.54) is 32.7 Å². The standard InChI is InChI=1S/C38H34NO2P/c1-25-23-31-19-11-13-21-33(31)35-36-34-22-14-12-20-32(34)24-26(2)38(36)41-42(40-37(25)35)39(27(3)29-15-7-5-8-16-29)28(4)30-17-9-6-10-18-30/h5-24,27-28H,1-4H3/t27-,28+. The number of benzene rings is 6. The van der Waals surface area contributed by atoms with Crippen LogP contribution in [0.1, 0.15) is 48.2 Å². The molecule has 1 aromatic heterocycles. The Morgan fingerprint density at radius 1 is 0.524 bits per heavy atom. The molecule has 2 atom stereocenters. The van der Waals surface area contributed by atoms with Gasteiger partial charge < -0.3 is 8.39 Å². The molecule has 0 radical (unpaired) electrons. The van der Waals surface area contributed by atoms with Crippen LogP contribution in [0.5, 0.6) is 0 Å².